The monoisotopic (exact) mass is 129 g/mol. The molecule has 0 aliphatic heterocycles. The van der Waals surface area contributed by atoms with E-state index in [9.17, 15) is 0 Å². The van der Waals surface area contributed by atoms with Crippen LogP contribution < -0.4 is 0 Å². The van der Waals surface area contributed by atoms with Crippen LogP contribution >= 0.6 is 0 Å². The molecule has 1 radical (unpaired) electrons. The van der Waals surface area contributed by atoms with Crippen LogP contribution in [0.5, 0.6) is 0 Å². The summed E-state index contributed by atoms with van der Waals surface area (Å²) < 4.78 is 5.12. The molecule has 0 saturated heterocycles. The lowest BCUT2D eigenvalue weighted by molar-refractivity contribution is 0.0788. The zero-order valence-electron chi connectivity index (χ0n) is 5.71. The Kier molecular flexibility index (Phi) is 5.57. The third-order valence-electron chi connectivity index (χ3n) is 0.936. The molecule has 0 saturated carbocycles. The van der Waals surface area contributed by atoms with Crippen LogP contribution in [0.1, 0.15) is 13.3 Å². The lowest BCUT2D eigenvalue weighted by atomic mass is 10.3. The Bertz CT molecular complexity index is 71.3. The lowest BCUT2D eigenvalue weighted by Crippen LogP contribution is -2.07. The van der Waals surface area contributed by atoms with Gasteiger partial charge in [0.15, 0.2) is 0 Å². The van der Waals surface area contributed by atoms with Gasteiger partial charge in [0.25, 0.3) is 0 Å². The first-order chi connectivity index (χ1) is 4.31. The van der Waals surface area contributed by atoms with Crippen LogP contribution in [0.25, 0.3) is 0 Å². The van der Waals surface area contributed by atoms with E-state index in [1.165, 1.54) is 0 Å². The Hall–Kier alpha value is -0.340. The first kappa shape index (κ1) is 8.66. The minimum absolute atomic E-state index is 0.0907. The maximum atomic E-state index is 8.31. The van der Waals surface area contributed by atoms with E-state index in [0.717, 1.165) is 6.61 Å². The fraction of sp³-hybridized carbons (Fsp3) is 0.571. The number of aliphatic hydroxyl groups is 1. The van der Waals surface area contributed by atoms with Crippen LogP contribution in [-0.4, -0.2) is 17.8 Å². The Labute approximate surface area is 56.1 Å². The average Bonchev–Trinajstić information content (AvgIpc) is 1.85. The lowest BCUT2D eigenvalue weighted by Gasteiger charge is -2.07. The van der Waals surface area contributed by atoms with E-state index in [1.54, 1.807) is 6.08 Å². The summed E-state index contributed by atoms with van der Waals surface area (Å²) in [6, 6.07) is 0. The predicted octanol–water partition coefficient (Wildman–Crippen LogP) is 1.50. The highest BCUT2D eigenvalue weighted by molar-refractivity contribution is 4.66. The molecule has 0 aromatic rings. The minimum Gasteiger partial charge on any atom is -0.390 e. The van der Waals surface area contributed by atoms with Crippen molar-refractivity contribution in [1.82, 2.24) is 0 Å². The Morgan fingerprint density at radius 2 is 2.44 bits per heavy atom. The smallest absolute Gasteiger partial charge is 0.0824 e. The van der Waals surface area contributed by atoms with E-state index in [4.69, 9.17) is 9.84 Å². The topological polar surface area (TPSA) is 29.5 Å². The Morgan fingerprint density at radius 1 is 1.78 bits per heavy atom. The second-order valence-corrected chi connectivity index (χ2v) is 1.85. The first-order valence-corrected chi connectivity index (χ1v) is 2.99. The molecule has 1 unspecified atom stereocenters. The molecule has 0 aliphatic rings. The Morgan fingerprint density at radius 3 is 2.89 bits per heavy atom. The van der Waals surface area contributed by atoms with Gasteiger partial charge in [-0.15, -0.1) is 6.58 Å². The zero-order chi connectivity index (χ0) is 7.11. The molecule has 9 heavy (non-hydrogen) atoms. The van der Waals surface area contributed by atoms with Crippen molar-refractivity contribution in [2.75, 3.05) is 6.61 Å². The number of hydrogen-bond acceptors (Lipinski definition) is 2. The summed E-state index contributed by atoms with van der Waals surface area (Å²) in [5.74, 6) is 0. The number of ether oxygens (including phenoxy) is 1. The highest BCUT2D eigenvalue weighted by atomic mass is 16.5. The van der Waals surface area contributed by atoms with Crippen molar-refractivity contribution in [2.24, 2.45) is 0 Å². The van der Waals surface area contributed by atoms with Gasteiger partial charge in [0, 0.05) is 6.42 Å². The van der Waals surface area contributed by atoms with E-state index >= 15 is 0 Å². The van der Waals surface area contributed by atoms with Crippen molar-refractivity contribution in [3.8, 4) is 0 Å². The van der Waals surface area contributed by atoms with Gasteiger partial charge in [-0.2, -0.15) is 0 Å². The van der Waals surface area contributed by atoms with Gasteiger partial charge in [-0.1, -0.05) is 6.08 Å². The molecule has 2 nitrogen and oxygen atoms in total. The van der Waals surface area contributed by atoms with Crippen LogP contribution in [0.15, 0.2) is 12.7 Å². The number of rotatable bonds is 5. The molecular formula is C7H13O2. The van der Waals surface area contributed by atoms with Gasteiger partial charge < -0.3 is 9.84 Å². The fourth-order valence-corrected chi connectivity index (χ4v) is 0.449. The second kappa shape index (κ2) is 5.79. The highest BCUT2D eigenvalue weighted by Gasteiger charge is 1.97. The molecule has 0 aliphatic carbocycles. The van der Waals surface area contributed by atoms with Crippen LogP contribution in [0.2, 0.25) is 0 Å². The minimum atomic E-state index is 0.0907. The molecule has 0 bridgehead atoms. The highest BCUT2D eigenvalue weighted by Crippen LogP contribution is 1.97. The van der Waals surface area contributed by atoms with Crippen LogP contribution in [0.3, 0.4) is 0 Å². The maximum absolute atomic E-state index is 8.31. The van der Waals surface area contributed by atoms with Gasteiger partial charge in [0.2, 0.25) is 0 Å². The molecule has 0 aromatic carbocycles. The van der Waals surface area contributed by atoms with E-state index in [2.05, 4.69) is 6.58 Å². The fourth-order valence-electron chi connectivity index (χ4n) is 0.449. The van der Waals surface area contributed by atoms with Gasteiger partial charge in [-0.05, 0) is 6.92 Å². The van der Waals surface area contributed by atoms with Gasteiger partial charge >= 0.3 is 0 Å². The summed E-state index contributed by atoms with van der Waals surface area (Å²) >= 11 is 0. The molecule has 0 aromatic heterocycles. The van der Waals surface area contributed by atoms with E-state index in [-0.39, 0.29) is 6.10 Å². The van der Waals surface area contributed by atoms with Crippen molar-refractivity contribution >= 4 is 0 Å². The summed E-state index contributed by atoms with van der Waals surface area (Å²) in [6.45, 7) is 7.05. The van der Waals surface area contributed by atoms with Gasteiger partial charge in [0.1, 0.15) is 0 Å². The quantitative estimate of drug-likeness (QED) is 0.570. The standard InChI is InChI=1S/C7H13O2/c1-3-6-9-7(2)4-5-8/h3,5,7-8H,1,4,6H2,2H3. The molecule has 0 rings (SSSR count). The van der Waals surface area contributed by atoms with Crippen molar-refractivity contribution in [3.63, 3.8) is 0 Å². The van der Waals surface area contributed by atoms with E-state index in [1.807, 2.05) is 6.92 Å². The van der Waals surface area contributed by atoms with Gasteiger partial charge in [-0.3, -0.25) is 0 Å². The summed E-state index contributed by atoms with van der Waals surface area (Å²) in [6.07, 6.45) is 2.36. The maximum Gasteiger partial charge on any atom is 0.0824 e. The van der Waals surface area contributed by atoms with E-state index in [0.29, 0.717) is 13.0 Å². The van der Waals surface area contributed by atoms with Crippen molar-refractivity contribution < 1.29 is 9.84 Å². The van der Waals surface area contributed by atoms with Crippen molar-refractivity contribution in [3.05, 3.63) is 19.3 Å². The number of aliphatic hydroxyl groups excluding tert-OH is 1. The van der Waals surface area contributed by atoms with E-state index < -0.39 is 0 Å². The summed E-state index contributed by atoms with van der Waals surface area (Å²) in [5, 5.41) is 8.31. The second-order valence-electron chi connectivity index (χ2n) is 1.85. The third-order valence-corrected chi connectivity index (χ3v) is 0.936. The third kappa shape index (κ3) is 5.53. The normalized spacial score (nSPS) is 13.1. The molecular weight excluding hydrogens is 116 g/mol. The predicted molar refractivity (Wildman–Crippen MR) is 36.5 cm³/mol. The molecule has 0 spiro atoms. The number of hydrogen-bond donors (Lipinski definition) is 1. The average molecular weight is 129 g/mol. The molecule has 53 valence electrons. The molecule has 1 atom stereocenters. The molecule has 0 fully saturated rings. The summed E-state index contributed by atoms with van der Waals surface area (Å²) in [5.41, 5.74) is 0. The summed E-state index contributed by atoms with van der Waals surface area (Å²) in [7, 11) is 0. The first-order valence-electron chi connectivity index (χ1n) is 2.99. The molecule has 1 N–H and O–H groups in total. The van der Waals surface area contributed by atoms with Crippen LogP contribution in [-0.2, 0) is 4.74 Å². The summed E-state index contributed by atoms with van der Waals surface area (Å²) in [4.78, 5) is 0. The van der Waals surface area contributed by atoms with Crippen molar-refractivity contribution in [1.29, 1.82) is 0 Å². The van der Waals surface area contributed by atoms with Crippen LogP contribution in [0.4, 0.5) is 0 Å². The zero-order valence-corrected chi connectivity index (χ0v) is 5.71. The molecule has 0 heterocycles. The van der Waals surface area contributed by atoms with Crippen molar-refractivity contribution in [2.45, 2.75) is 19.4 Å². The largest absolute Gasteiger partial charge is 0.390 e. The SMILES string of the molecule is C=CCOC(C)C[CH]O. The Balaban J connectivity index is 3.04. The van der Waals surface area contributed by atoms with Gasteiger partial charge in [-0.25, -0.2) is 0 Å². The molecule has 0 amide bonds. The molecule has 2 heteroatoms. The van der Waals surface area contributed by atoms with Gasteiger partial charge in [0.05, 0.1) is 19.3 Å². The van der Waals surface area contributed by atoms with Crippen LogP contribution in [0, 0.1) is 6.61 Å².